The van der Waals surface area contributed by atoms with Gasteiger partial charge in [-0.25, -0.2) is 4.98 Å². The third kappa shape index (κ3) is 2.96. The number of anilines is 1. The van der Waals surface area contributed by atoms with Crippen molar-refractivity contribution in [1.82, 2.24) is 9.88 Å². The normalized spacial score (nSPS) is 14.5. The average molecular weight is 233 g/mol. The van der Waals surface area contributed by atoms with Crippen LogP contribution in [0.25, 0.3) is 0 Å². The Morgan fingerprint density at radius 1 is 1.53 bits per heavy atom. The zero-order valence-corrected chi connectivity index (χ0v) is 10.4. The van der Waals surface area contributed by atoms with Crippen LogP contribution in [-0.4, -0.2) is 35.4 Å². The van der Waals surface area contributed by atoms with Gasteiger partial charge in [0.1, 0.15) is 5.82 Å². The Morgan fingerprint density at radius 2 is 2.29 bits per heavy atom. The summed E-state index contributed by atoms with van der Waals surface area (Å²) in [7, 11) is 1.86. The van der Waals surface area contributed by atoms with E-state index in [1.165, 1.54) is 0 Å². The molecular formula is C13H19N3O. The monoisotopic (exact) mass is 233 g/mol. The molecule has 0 aromatic carbocycles. The van der Waals surface area contributed by atoms with Gasteiger partial charge in [0.15, 0.2) is 0 Å². The number of carbonyl (C=O) groups excluding carboxylic acids is 1. The molecule has 1 fully saturated rings. The molecule has 17 heavy (non-hydrogen) atoms. The summed E-state index contributed by atoms with van der Waals surface area (Å²) in [6.45, 7) is 3.01. The largest absolute Gasteiger partial charge is 0.370 e. The number of aromatic nitrogens is 1. The maximum absolute atomic E-state index is 12.0. The molecule has 0 atom stereocenters. The first-order chi connectivity index (χ1) is 8.22. The van der Waals surface area contributed by atoms with Gasteiger partial charge in [-0.15, -0.1) is 0 Å². The first-order valence-electron chi connectivity index (χ1n) is 6.19. The molecule has 1 saturated carbocycles. The number of carbonyl (C=O) groups is 1. The number of hydrogen-bond acceptors (Lipinski definition) is 3. The molecule has 1 heterocycles. The predicted octanol–water partition coefficient (Wildman–Crippen LogP) is 2.14. The highest BCUT2D eigenvalue weighted by molar-refractivity contribution is 5.94. The molecule has 1 aliphatic rings. The van der Waals surface area contributed by atoms with Crippen LogP contribution in [-0.2, 0) is 0 Å². The van der Waals surface area contributed by atoms with Gasteiger partial charge in [0, 0.05) is 25.8 Å². The molecule has 4 heteroatoms. The van der Waals surface area contributed by atoms with Gasteiger partial charge in [-0.05, 0) is 31.4 Å². The van der Waals surface area contributed by atoms with Crippen LogP contribution in [0.15, 0.2) is 18.3 Å². The minimum atomic E-state index is 0.0713. The fraction of sp³-hybridized carbons (Fsp3) is 0.538. The summed E-state index contributed by atoms with van der Waals surface area (Å²) in [6.07, 6.45) is 4.98. The summed E-state index contributed by atoms with van der Waals surface area (Å²) in [5.41, 5.74) is 0.668. The summed E-state index contributed by atoms with van der Waals surface area (Å²) in [4.78, 5) is 18.1. The van der Waals surface area contributed by atoms with Crippen LogP contribution in [0.5, 0.6) is 0 Å². The number of nitrogens with one attached hydrogen (secondary N) is 1. The smallest absolute Gasteiger partial charge is 0.255 e. The topological polar surface area (TPSA) is 45.2 Å². The van der Waals surface area contributed by atoms with Gasteiger partial charge in [0.25, 0.3) is 5.91 Å². The highest BCUT2D eigenvalue weighted by Crippen LogP contribution is 2.26. The third-order valence-corrected chi connectivity index (χ3v) is 2.98. The van der Waals surface area contributed by atoms with Crippen molar-refractivity contribution in [1.29, 1.82) is 0 Å². The van der Waals surface area contributed by atoms with E-state index in [1.54, 1.807) is 6.20 Å². The maximum Gasteiger partial charge on any atom is 0.255 e. The Morgan fingerprint density at radius 3 is 2.82 bits per heavy atom. The van der Waals surface area contributed by atoms with Crippen molar-refractivity contribution in [3.05, 3.63) is 23.9 Å². The van der Waals surface area contributed by atoms with E-state index < -0.39 is 0 Å². The van der Waals surface area contributed by atoms with E-state index in [9.17, 15) is 4.79 Å². The Labute approximate surface area is 102 Å². The van der Waals surface area contributed by atoms with E-state index >= 15 is 0 Å². The zero-order chi connectivity index (χ0) is 12.3. The minimum Gasteiger partial charge on any atom is -0.370 e. The number of amides is 1. The Bertz CT molecular complexity index is 384. The van der Waals surface area contributed by atoms with E-state index in [2.05, 4.69) is 17.2 Å². The van der Waals surface area contributed by atoms with Gasteiger partial charge in [-0.2, -0.15) is 0 Å². The molecule has 1 aromatic heterocycles. The molecule has 0 aliphatic heterocycles. The Hall–Kier alpha value is -1.58. The summed E-state index contributed by atoms with van der Waals surface area (Å²) in [6, 6.07) is 4.15. The van der Waals surface area contributed by atoms with Crippen molar-refractivity contribution < 1.29 is 4.79 Å². The van der Waals surface area contributed by atoms with Gasteiger partial charge in [-0.3, -0.25) is 4.79 Å². The molecule has 1 aliphatic carbocycles. The van der Waals surface area contributed by atoms with E-state index in [-0.39, 0.29) is 5.91 Å². The predicted molar refractivity (Wildman–Crippen MR) is 68.1 cm³/mol. The lowest BCUT2D eigenvalue weighted by atomic mass is 10.2. The molecule has 2 rings (SSSR count). The lowest BCUT2D eigenvalue weighted by molar-refractivity contribution is 0.0784. The molecule has 92 valence electrons. The van der Waals surface area contributed by atoms with Crippen LogP contribution < -0.4 is 5.32 Å². The molecule has 0 spiro atoms. The number of pyridine rings is 1. The summed E-state index contributed by atoms with van der Waals surface area (Å²) in [5, 5.41) is 3.19. The molecule has 1 N–H and O–H groups in total. The summed E-state index contributed by atoms with van der Waals surface area (Å²) in [5.74, 6) is 0.902. The molecule has 0 saturated heterocycles. The highest BCUT2D eigenvalue weighted by atomic mass is 16.2. The minimum absolute atomic E-state index is 0.0713. The SMILES string of the molecule is CCCNc1ccc(C(=O)N(C)C2CC2)cn1. The van der Waals surface area contributed by atoms with Crippen molar-refractivity contribution in [3.63, 3.8) is 0 Å². The van der Waals surface area contributed by atoms with Gasteiger partial charge < -0.3 is 10.2 Å². The van der Waals surface area contributed by atoms with Crippen molar-refractivity contribution in [2.45, 2.75) is 32.2 Å². The van der Waals surface area contributed by atoms with Crippen LogP contribution in [0.4, 0.5) is 5.82 Å². The maximum atomic E-state index is 12.0. The first kappa shape index (κ1) is 11.9. The van der Waals surface area contributed by atoms with Crippen LogP contribution in [0.1, 0.15) is 36.5 Å². The molecule has 1 aromatic rings. The molecule has 0 unspecified atom stereocenters. The molecule has 4 nitrogen and oxygen atoms in total. The van der Waals surface area contributed by atoms with Gasteiger partial charge in [-0.1, -0.05) is 6.92 Å². The van der Waals surface area contributed by atoms with E-state index in [0.29, 0.717) is 11.6 Å². The average Bonchev–Trinajstić information content (AvgIpc) is 3.19. The fourth-order valence-electron chi connectivity index (χ4n) is 1.71. The van der Waals surface area contributed by atoms with Crippen molar-refractivity contribution in [2.24, 2.45) is 0 Å². The molecule has 0 bridgehead atoms. The summed E-state index contributed by atoms with van der Waals surface area (Å²) >= 11 is 0. The molecule has 1 amide bonds. The van der Waals surface area contributed by atoms with Gasteiger partial charge in [0.2, 0.25) is 0 Å². The third-order valence-electron chi connectivity index (χ3n) is 2.98. The molecule has 0 radical (unpaired) electrons. The van der Waals surface area contributed by atoms with Crippen molar-refractivity contribution in [2.75, 3.05) is 18.9 Å². The standard InChI is InChI=1S/C13H19N3O/c1-3-8-14-12-7-4-10(9-15-12)13(17)16(2)11-5-6-11/h4,7,9,11H,3,5-6,8H2,1-2H3,(H,14,15). The second-order valence-corrected chi connectivity index (χ2v) is 4.51. The quantitative estimate of drug-likeness (QED) is 0.847. The summed E-state index contributed by atoms with van der Waals surface area (Å²) < 4.78 is 0. The Balaban J connectivity index is 1.98. The highest BCUT2D eigenvalue weighted by Gasteiger charge is 2.30. The van der Waals surface area contributed by atoms with Crippen LogP contribution in [0.3, 0.4) is 0 Å². The van der Waals surface area contributed by atoms with Crippen LogP contribution in [0.2, 0.25) is 0 Å². The van der Waals surface area contributed by atoms with E-state index in [0.717, 1.165) is 31.6 Å². The van der Waals surface area contributed by atoms with Gasteiger partial charge in [0.05, 0.1) is 5.56 Å². The van der Waals surface area contributed by atoms with E-state index in [4.69, 9.17) is 0 Å². The van der Waals surface area contributed by atoms with Crippen molar-refractivity contribution in [3.8, 4) is 0 Å². The Kier molecular flexibility index (Phi) is 3.61. The van der Waals surface area contributed by atoms with Crippen LogP contribution in [0, 0.1) is 0 Å². The lowest BCUT2D eigenvalue weighted by Crippen LogP contribution is -2.28. The first-order valence-corrected chi connectivity index (χ1v) is 6.19. The fourth-order valence-corrected chi connectivity index (χ4v) is 1.71. The van der Waals surface area contributed by atoms with Crippen LogP contribution >= 0.6 is 0 Å². The number of nitrogens with zero attached hydrogens (tertiary/aromatic N) is 2. The second-order valence-electron chi connectivity index (χ2n) is 4.51. The zero-order valence-electron chi connectivity index (χ0n) is 10.4. The lowest BCUT2D eigenvalue weighted by Gasteiger charge is -2.16. The number of rotatable bonds is 5. The second kappa shape index (κ2) is 5.17. The van der Waals surface area contributed by atoms with E-state index in [1.807, 2.05) is 24.1 Å². The molecular weight excluding hydrogens is 214 g/mol. The van der Waals surface area contributed by atoms with Gasteiger partial charge >= 0.3 is 0 Å². The van der Waals surface area contributed by atoms with Crippen molar-refractivity contribution >= 4 is 11.7 Å². The number of hydrogen-bond donors (Lipinski definition) is 1.